The Morgan fingerprint density at radius 2 is 2.28 bits per heavy atom. The molecule has 0 N–H and O–H groups in total. The highest BCUT2D eigenvalue weighted by atomic mass is 32.1. The second-order valence-corrected chi connectivity index (χ2v) is 5.26. The van der Waals surface area contributed by atoms with E-state index < -0.39 is 0 Å². The van der Waals surface area contributed by atoms with E-state index in [2.05, 4.69) is 4.98 Å². The number of carbonyl (C=O) groups excluding carboxylic acids is 1. The summed E-state index contributed by atoms with van der Waals surface area (Å²) in [6.45, 7) is 2.12. The minimum atomic E-state index is -0.0577. The fourth-order valence-corrected chi connectivity index (χ4v) is 2.72. The second-order valence-electron chi connectivity index (χ2n) is 4.37. The summed E-state index contributed by atoms with van der Waals surface area (Å²) in [5.41, 5.74) is -0.0577. The Bertz CT molecular complexity index is 642. The first-order valence-corrected chi connectivity index (χ1v) is 6.84. The van der Waals surface area contributed by atoms with Gasteiger partial charge in [-0.1, -0.05) is 0 Å². The highest BCUT2D eigenvalue weighted by molar-refractivity contribution is 7.16. The Hall–Kier alpha value is -1.69. The molecule has 3 heterocycles. The molecule has 0 atom stereocenters. The van der Waals surface area contributed by atoms with Crippen molar-refractivity contribution < 1.29 is 4.79 Å². The first-order valence-electron chi connectivity index (χ1n) is 5.96. The Morgan fingerprint density at radius 3 is 3.00 bits per heavy atom. The maximum Gasteiger partial charge on any atom is 0.262 e. The van der Waals surface area contributed by atoms with Gasteiger partial charge in [-0.3, -0.25) is 14.2 Å². The van der Waals surface area contributed by atoms with E-state index in [1.54, 1.807) is 6.07 Å². The van der Waals surface area contributed by atoms with Crippen LogP contribution >= 0.6 is 11.3 Å². The summed E-state index contributed by atoms with van der Waals surface area (Å²) in [4.78, 5) is 30.6. The summed E-state index contributed by atoms with van der Waals surface area (Å²) < 4.78 is 1.52. The summed E-state index contributed by atoms with van der Waals surface area (Å²) in [5, 5.41) is 2.49. The smallest absolute Gasteiger partial charge is 0.262 e. The molecule has 3 rings (SSSR count). The molecule has 5 nitrogen and oxygen atoms in total. The fraction of sp³-hybridized carbons (Fsp3) is 0.417. The number of thiophene rings is 1. The fourth-order valence-electron chi connectivity index (χ4n) is 1.99. The molecule has 6 heteroatoms. The van der Waals surface area contributed by atoms with Gasteiger partial charge in [0.1, 0.15) is 4.83 Å². The molecule has 1 aliphatic heterocycles. The van der Waals surface area contributed by atoms with E-state index in [0.29, 0.717) is 18.4 Å². The topological polar surface area (TPSA) is 55.2 Å². The minimum absolute atomic E-state index is 0.0577. The predicted octanol–water partition coefficient (Wildman–Crippen LogP) is 1.08. The molecule has 1 amide bonds. The molecular formula is C12H13N3O2S. The maximum absolute atomic E-state index is 12.1. The van der Waals surface area contributed by atoms with Gasteiger partial charge in [-0.05, 0) is 17.9 Å². The third-order valence-electron chi connectivity index (χ3n) is 3.23. The average Bonchev–Trinajstić information content (AvgIpc) is 2.74. The van der Waals surface area contributed by atoms with Crippen LogP contribution in [0, 0.1) is 0 Å². The van der Waals surface area contributed by atoms with Gasteiger partial charge in [0.2, 0.25) is 5.91 Å². The average molecular weight is 263 g/mol. The van der Waals surface area contributed by atoms with E-state index in [1.807, 2.05) is 10.3 Å². The Kier molecular flexibility index (Phi) is 2.87. The van der Waals surface area contributed by atoms with Crippen molar-refractivity contribution in [2.24, 2.45) is 0 Å². The molecular weight excluding hydrogens is 250 g/mol. The lowest BCUT2D eigenvalue weighted by Gasteiger charge is -2.30. The van der Waals surface area contributed by atoms with Crippen molar-refractivity contribution in [3.63, 3.8) is 0 Å². The molecule has 18 heavy (non-hydrogen) atoms. The zero-order chi connectivity index (χ0) is 12.5. The van der Waals surface area contributed by atoms with Crippen molar-refractivity contribution in [2.75, 3.05) is 13.1 Å². The number of fused-ring (bicyclic) bond motifs is 1. The Balaban J connectivity index is 1.76. The molecule has 0 unspecified atom stereocenters. The lowest BCUT2D eigenvalue weighted by molar-refractivity contribution is -0.134. The molecule has 1 fully saturated rings. The van der Waals surface area contributed by atoms with Gasteiger partial charge in [0.15, 0.2) is 0 Å². The lowest BCUT2D eigenvalue weighted by Crippen LogP contribution is -2.42. The molecule has 2 aromatic rings. The third kappa shape index (κ3) is 1.92. The van der Waals surface area contributed by atoms with Gasteiger partial charge in [-0.2, -0.15) is 0 Å². The molecule has 0 saturated carbocycles. The molecule has 0 bridgehead atoms. The van der Waals surface area contributed by atoms with Gasteiger partial charge < -0.3 is 4.90 Å². The van der Waals surface area contributed by atoms with E-state index in [0.717, 1.165) is 24.3 Å². The number of hydrogen-bond donors (Lipinski definition) is 0. The number of aryl methyl sites for hydroxylation is 1. The zero-order valence-electron chi connectivity index (χ0n) is 9.83. The molecule has 0 aromatic carbocycles. The van der Waals surface area contributed by atoms with E-state index in [4.69, 9.17) is 0 Å². The van der Waals surface area contributed by atoms with E-state index in [-0.39, 0.29) is 11.5 Å². The molecule has 0 radical (unpaired) electrons. The van der Waals surface area contributed by atoms with E-state index >= 15 is 0 Å². The normalized spacial score (nSPS) is 14.8. The van der Waals surface area contributed by atoms with Gasteiger partial charge in [0, 0.05) is 26.1 Å². The van der Waals surface area contributed by atoms with Crippen LogP contribution in [0.2, 0.25) is 0 Å². The molecule has 1 aliphatic rings. The third-order valence-corrected chi connectivity index (χ3v) is 4.05. The highest BCUT2D eigenvalue weighted by Crippen LogP contribution is 2.13. The molecule has 1 saturated heterocycles. The quantitative estimate of drug-likeness (QED) is 0.832. The number of carbonyl (C=O) groups is 1. The van der Waals surface area contributed by atoms with Crippen molar-refractivity contribution in [3.8, 4) is 0 Å². The largest absolute Gasteiger partial charge is 0.343 e. The monoisotopic (exact) mass is 263 g/mol. The van der Waals surface area contributed by atoms with Gasteiger partial charge in [0.05, 0.1) is 11.7 Å². The van der Waals surface area contributed by atoms with Gasteiger partial charge in [-0.25, -0.2) is 4.98 Å². The molecule has 94 valence electrons. The second kappa shape index (κ2) is 4.53. The summed E-state index contributed by atoms with van der Waals surface area (Å²) in [6, 6.07) is 1.78. The first kappa shape index (κ1) is 11.4. The first-order chi connectivity index (χ1) is 8.75. The Labute approximate surface area is 108 Å². The zero-order valence-corrected chi connectivity index (χ0v) is 10.7. The van der Waals surface area contributed by atoms with Crippen molar-refractivity contribution >= 4 is 27.5 Å². The summed E-state index contributed by atoms with van der Waals surface area (Å²) >= 11 is 1.45. The number of aromatic nitrogens is 2. The van der Waals surface area contributed by atoms with Crippen molar-refractivity contribution in [3.05, 3.63) is 28.1 Å². The number of likely N-dealkylation sites (tertiary alicyclic amines) is 1. The molecule has 0 aliphatic carbocycles. The van der Waals surface area contributed by atoms with Crippen LogP contribution in [0.4, 0.5) is 0 Å². The highest BCUT2D eigenvalue weighted by Gasteiger charge is 2.19. The van der Waals surface area contributed by atoms with Crippen LogP contribution in [-0.4, -0.2) is 33.4 Å². The number of nitrogens with zero attached hydrogens (tertiary/aromatic N) is 3. The number of amides is 1. The molecule has 0 spiro atoms. The Morgan fingerprint density at radius 1 is 1.44 bits per heavy atom. The van der Waals surface area contributed by atoms with Crippen LogP contribution in [0.1, 0.15) is 12.8 Å². The van der Waals surface area contributed by atoms with Crippen LogP contribution in [0.5, 0.6) is 0 Å². The standard InChI is InChI=1S/C12H13N3O2S/c16-10(14-4-1-5-14)2-6-15-8-13-11-9(12(15)17)3-7-18-11/h3,7-8H,1-2,4-6H2. The number of hydrogen-bond acceptors (Lipinski definition) is 4. The van der Waals surface area contributed by atoms with Crippen LogP contribution < -0.4 is 5.56 Å². The van der Waals surface area contributed by atoms with E-state index in [9.17, 15) is 9.59 Å². The SMILES string of the molecule is O=C(CCn1cnc2sccc2c1=O)N1CCC1. The summed E-state index contributed by atoms with van der Waals surface area (Å²) in [5.74, 6) is 0.124. The lowest BCUT2D eigenvalue weighted by atomic mass is 10.2. The predicted molar refractivity (Wildman–Crippen MR) is 69.7 cm³/mol. The summed E-state index contributed by atoms with van der Waals surface area (Å²) in [7, 11) is 0. The van der Waals surface area contributed by atoms with Gasteiger partial charge in [-0.15, -0.1) is 11.3 Å². The van der Waals surface area contributed by atoms with Gasteiger partial charge in [0.25, 0.3) is 5.56 Å². The van der Waals surface area contributed by atoms with Crippen molar-refractivity contribution in [1.82, 2.24) is 14.5 Å². The van der Waals surface area contributed by atoms with Crippen molar-refractivity contribution in [1.29, 1.82) is 0 Å². The maximum atomic E-state index is 12.1. The number of rotatable bonds is 3. The van der Waals surface area contributed by atoms with Gasteiger partial charge >= 0.3 is 0 Å². The molecule has 2 aromatic heterocycles. The van der Waals surface area contributed by atoms with Crippen LogP contribution in [0.15, 0.2) is 22.6 Å². The van der Waals surface area contributed by atoms with Crippen LogP contribution in [0.3, 0.4) is 0 Å². The van der Waals surface area contributed by atoms with Crippen LogP contribution in [-0.2, 0) is 11.3 Å². The summed E-state index contributed by atoms with van der Waals surface area (Å²) in [6.07, 6.45) is 3.00. The van der Waals surface area contributed by atoms with E-state index in [1.165, 1.54) is 22.2 Å². The van der Waals surface area contributed by atoms with Crippen molar-refractivity contribution in [2.45, 2.75) is 19.4 Å². The van der Waals surface area contributed by atoms with Crippen LogP contribution in [0.25, 0.3) is 10.2 Å². The minimum Gasteiger partial charge on any atom is -0.343 e.